The summed E-state index contributed by atoms with van der Waals surface area (Å²) in [5.74, 6) is 0. The average molecular weight is 317 g/mol. The molecular weight excluding hydrogens is 298 g/mol. The van der Waals surface area contributed by atoms with Crippen molar-refractivity contribution in [2.24, 2.45) is 0 Å². The summed E-state index contributed by atoms with van der Waals surface area (Å²) in [4.78, 5) is 13.6. The smallest absolute Gasteiger partial charge is 0.220 e. The van der Waals surface area contributed by atoms with E-state index in [4.69, 9.17) is 5.73 Å². The van der Waals surface area contributed by atoms with E-state index in [1.54, 1.807) is 0 Å². The number of anilines is 2. The third-order valence-corrected chi connectivity index (χ3v) is 4.59. The topological polar surface area (TPSA) is 72.4 Å². The van der Waals surface area contributed by atoms with Crippen molar-refractivity contribution in [1.29, 1.82) is 0 Å². The molecule has 1 atom stereocenters. The van der Waals surface area contributed by atoms with Crippen molar-refractivity contribution in [3.63, 3.8) is 0 Å². The summed E-state index contributed by atoms with van der Waals surface area (Å²) in [6, 6.07) is 15.3. The molecule has 2 aromatic rings. The molecule has 0 radical (unpaired) electrons. The van der Waals surface area contributed by atoms with Gasteiger partial charge in [0.05, 0.1) is 5.25 Å². The summed E-state index contributed by atoms with van der Waals surface area (Å²) in [7, 11) is 3.90. The molecule has 2 aromatic carbocycles. The molecule has 0 spiro atoms. The van der Waals surface area contributed by atoms with Crippen LogP contribution in [-0.4, -0.2) is 25.6 Å². The Morgan fingerprint density at radius 3 is 2.59 bits per heavy atom. The van der Waals surface area contributed by atoms with Crippen LogP contribution in [0.5, 0.6) is 0 Å². The molecule has 0 heterocycles. The fourth-order valence-corrected chi connectivity index (χ4v) is 3.24. The van der Waals surface area contributed by atoms with Gasteiger partial charge in [-0.2, -0.15) is 0 Å². The van der Waals surface area contributed by atoms with Crippen molar-refractivity contribution in [3.05, 3.63) is 64.2 Å². The normalized spacial score (nSPS) is 11.9. The molecule has 0 aliphatic rings. The second-order valence-corrected chi connectivity index (χ2v) is 6.39. The summed E-state index contributed by atoms with van der Waals surface area (Å²) in [6.07, 6.45) is 0. The van der Waals surface area contributed by atoms with Gasteiger partial charge in [0.15, 0.2) is 0 Å². The molecule has 0 saturated heterocycles. The number of hydrogen-bond donors (Lipinski definition) is 1. The molecule has 0 bridgehead atoms. The highest BCUT2D eigenvalue weighted by molar-refractivity contribution is 7.99. The van der Waals surface area contributed by atoms with Crippen molar-refractivity contribution >= 4 is 23.1 Å². The number of nitrogens with zero attached hydrogens (tertiary/aromatic N) is 2. The highest BCUT2D eigenvalue weighted by Gasteiger charge is 2.20. The van der Waals surface area contributed by atoms with Gasteiger partial charge < -0.3 is 10.6 Å². The number of benzene rings is 2. The van der Waals surface area contributed by atoms with Gasteiger partial charge in [-0.05, 0) is 29.8 Å². The number of nitrogen functional groups attached to an aromatic ring is 1. The highest BCUT2D eigenvalue weighted by Crippen LogP contribution is 2.38. The molecule has 0 unspecified atom stereocenters. The van der Waals surface area contributed by atoms with Crippen LogP contribution in [-0.2, 0) is 0 Å². The van der Waals surface area contributed by atoms with Crippen LogP contribution in [0.25, 0.3) is 0 Å². The van der Waals surface area contributed by atoms with Gasteiger partial charge in [0.25, 0.3) is 0 Å². The van der Waals surface area contributed by atoms with E-state index in [1.807, 2.05) is 67.5 Å². The lowest BCUT2D eigenvalue weighted by molar-refractivity contribution is -0.479. The Hall–Kier alpha value is -2.21. The van der Waals surface area contributed by atoms with E-state index in [2.05, 4.69) is 0 Å². The minimum Gasteiger partial charge on any atom is -0.398 e. The van der Waals surface area contributed by atoms with E-state index in [0.29, 0.717) is 5.69 Å². The number of nitro groups is 1. The standard InChI is InChI=1S/C16H19N3O2S/c1-18(2)13-7-5-6-12(10-13)16(11-19(20)21)22-15-9-4-3-8-14(15)17/h3-10,16H,11,17H2,1-2H3/t16-/m0/s1. The minimum absolute atomic E-state index is 0.143. The predicted molar refractivity (Wildman–Crippen MR) is 92.1 cm³/mol. The van der Waals surface area contributed by atoms with Gasteiger partial charge in [-0.3, -0.25) is 10.1 Å². The average Bonchev–Trinajstić information content (AvgIpc) is 2.48. The first-order valence-electron chi connectivity index (χ1n) is 6.87. The zero-order valence-electron chi connectivity index (χ0n) is 12.6. The van der Waals surface area contributed by atoms with Crippen LogP contribution in [0.4, 0.5) is 11.4 Å². The van der Waals surface area contributed by atoms with Crippen LogP contribution in [0.15, 0.2) is 53.4 Å². The third kappa shape index (κ3) is 4.14. The van der Waals surface area contributed by atoms with Gasteiger partial charge in [-0.1, -0.05) is 24.3 Å². The number of nitrogens with two attached hydrogens (primary N) is 1. The Bertz CT molecular complexity index is 661. The molecule has 2 rings (SSSR count). The first kappa shape index (κ1) is 16.2. The zero-order valence-corrected chi connectivity index (χ0v) is 13.4. The monoisotopic (exact) mass is 317 g/mol. The quantitative estimate of drug-likeness (QED) is 0.382. The summed E-state index contributed by atoms with van der Waals surface area (Å²) in [5.41, 5.74) is 8.55. The number of rotatable bonds is 6. The van der Waals surface area contributed by atoms with Gasteiger partial charge in [0, 0.05) is 35.3 Å². The second-order valence-electron chi connectivity index (χ2n) is 5.15. The molecule has 0 aliphatic carbocycles. The third-order valence-electron chi connectivity index (χ3n) is 3.26. The zero-order chi connectivity index (χ0) is 16.1. The van der Waals surface area contributed by atoms with Gasteiger partial charge >= 0.3 is 0 Å². The maximum absolute atomic E-state index is 11.0. The Balaban J connectivity index is 2.32. The molecule has 116 valence electrons. The summed E-state index contributed by atoms with van der Waals surface area (Å²) >= 11 is 1.43. The van der Waals surface area contributed by atoms with Gasteiger partial charge in [-0.15, -0.1) is 11.8 Å². The summed E-state index contributed by atoms with van der Waals surface area (Å²) in [5, 5.41) is 10.7. The van der Waals surface area contributed by atoms with E-state index in [-0.39, 0.29) is 16.7 Å². The molecular formula is C16H19N3O2S. The van der Waals surface area contributed by atoms with E-state index in [0.717, 1.165) is 16.1 Å². The Labute approximate surface area is 134 Å². The number of para-hydroxylation sites is 1. The van der Waals surface area contributed by atoms with E-state index < -0.39 is 0 Å². The molecule has 6 heteroatoms. The number of thioether (sulfide) groups is 1. The lowest BCUT2D eigenvalue weighted by atomic mass is 10.1. The Kier molecular flexibility index (Phi) is 5.27. The second kappa shape index (κ2) is 7.17. The van der Waals surface area contributed by atoms with Crippen molar-refractivity contribution in [1.82, 2.24) is 0 Å². The highest BCUT2D eigenvalue weighted by atomic mass is 32.2. The minimum atomic E-state index is -0.279. The lowest BCUT2D eigenvalue weighted by Gasteiger charge is -2.18. The van der Waals surface area contributed by atoms with Crippen LogP contribution in [0, 0.1) is 10.1 Å². The van der Waals surface area contributed by atoms with Crippen molar-refractivity contribution in [3.8, 4) is 0 Å². The van der Waals surface area contributed by atoms with E-state index >= 15 is 0 Å². The Morgan fingerprint density at radius 1 is 1.23 bits per heavy atom. The molecule has 2 N–H and O–H groups in total. The molecule has 0 fully saturated rings. The van der Waals surface area contributed by atoms with Crippen LogP contribution in [0.3, 0.4) is 0 Å². The summed E-state index contributed by atoms with van der Waals surface area (Å²) in [6.45, 7) is -0.143. The SMILES string of the molecule is CN(C)c1cccc([C@H](C[N+](=O)[O-])Sc2ccccc2N)c1. The van der Waals surface area contributed by atoms with E-state index in [9.17, 15) is 10.1 Å². The van der Waals surface area contributed by atoms with Crippen molar-refractivity contribution in [2.75, 3.05) is 31.3 Å². The van der Waals surface area contributed by atoms with Crippen molar-refractivity contribution < 1.29 is 4.92 Å². The molecule has 0 aliphatic heterocycles. The van der Waals surface area contributed by atoms with Crippen LogP contribution < -0.4 is 10.6 Å². The molecule has 22 heavy (non-hydrogen) atoms. The van der Waals surface area contributed by atoms with Gasteiger partial charge in [0.1, 0.15) is 0 Å². The summed E-state index contributed by atoms with van der Waals surface area (Å²) < 4.78 is 0. The molecule has 0 aromatic heterocycles. The van der Waals surface area contributed by atoms with Gasteiger partial charge in [0.2, 0.25) is 6.54 Å². The lowest BCUT2D eigenvalue weighted by Crippen LogP contribution is -2.12. The molecule has 5 nitrogen and oxygen atoms in total. The molecule has 0 saturated carbocycles. The molecule has 0 amide bonds. The first-order chi connectivity index (χ1) is 10.5. The van der Waals surface area contributed by atoms with Crippen LogP contribution in [0.2, 0.25) is 0 Å². The maximum Gasteiger partial charge on any atom is 0.220 e. The Morgan fingerprint density at radius 2 is 1.95 bits per heavy atom. The van der Waals surface area contributed by atoms with Gasteiger partial charge in [-0.25, -0.2) is 0 Å². The van der Waals surface area contributed by atoms with E-state index in [1.165, 1.54) is 11.8 Å². The maximum atomic E-state index is 11.0. The largest absolute Gasteiger partial charge is 0.398 e. The fraction of sp³-hybridized carbons (Fsp3) is 0.250. The fourth-order valence-electron chi connectivity index (χ4n) is 2.09. The number of hydrogen-bond acceptors (Lipinski definition) is 5. The van der Waals surface area contributed by atoms with Crippen LogP contribution in [0.1, 0.15) is 10.8 Å². The van der Waals surface area contributed by atoms with Crippen LogP contribution >= 0.6 is 11.8 Å². The predicted octanol–water partition coefficient (Wildman–Crippen LogP) is 3.44. The van der Waals surface area contributed by atoms with Crippen molar-refractivity contribution in [2.45, 2.75) is 10.1 Å². The first-order valence-corrected chi connectivity index (χ1v) is 7.75.